The monoisotopic (exact) mass is 431 g/mol. The predicted octanol–water partition coefficient (Wildman–Crippen LogP) is 4.75. The summed E-state index contributed by atoms with van der Waals surface area (Å²) in [5, 5.41) is 6.38. The van der Waals surface area contributed by atoms with E-state index in [2.05, 4.69) is 22.6 Å². The fourth-order valence-electron chi connectivity index (χ4n) is 4.23. The van der Waals surface area contributed by atoms with Crippen molar-refractivity contribution in [3.05, 3.63) is 65.2 Å². The number of halogens is 3. The summed E-state index contributed by atoms with van der Waals surface area (Å²) in [5.74, 6) is 0.688. The molecule has 0 radical (unpaired) electrons. The lowest BCUT2D eigenvalue weighted by molar-refractivity contribution is -0.137. The van der Waals surface area contributed by atoms with Crippen molar-refractivity contribution in [1.29, 1.82) is 0 Å². The van der Waals surface area contributed by atoms with E-state index in [1.807, 2.05) is 24.3 Å². The van der Waals surface area contributed by atoms with Gasteiger partial charge in [0.25, 0.3) is 5.91 Å². The van der Waals surface area contributed by atoms with Crippen LogP contribution in [0.25, 0.3) is 0 Å². The van der Waals surface area contributed by atoms with Gasteiger partial charge in [0.2, 0.25) is 0 Å². The second-order valence-corrected chi connectivity index (χ2v) is 8.76. The van der Waals surface area contributed by atoms with Gasteiger partial charge in [0.05, 0.1) is 5.56 Å². The number of nitrogens with one attached hydrogen (secondary N) is 2. The summed E-state index contributed by atoms with van der Waals surface area (Å²) in [6.07, 6.45) is -0.856. The molecule has 2 atom stereocenters. The van der Waals surface area contributed by atoms with Crippen molar-refractivity contribution in [3.63, 3.8) is 0 Å². The van der Waals surface area contributed by atoms with Crippen LogP contribution in [0.2, 0.25) is 0 Å². The molecule has 2 fully saturated rings. The first-order valence-corrected chi connectivity index (χ1v) is 10.8. The van der Waals surface area contributed by atoms with Crippen LogP contribution in [-0.2, 0) is 6.18 Å². The lowest BCUT2D eigenvalue weighted by atomic mass is 9.97. The highest BCUT2D eigenvalue weighted by molar-refractivity contribution is 6.04. The molecule has 2 aliphatic rings. The molecule has 7 heteroatoms. The average Bonchev–Trinajstić information content (AvgIpc) is 3.53. The minimum absolute atomic E-state index is 0.0146. The number of carbonyl (C=O) groups excluding carboxylic acids is 1. The number of rotatable bonds is 6. The largest absolute Gasteiger partial charge is 0.416 e. The molecule has 2 N–H and O–H groups in total. The molecule has 4 rings (SSSR count). The Hall–Kier alpha value is -2.38. The van der Waals surface area contributed by atoms with Crippen LogP contribution in [0, 0.1) is 5.92 Å². The standard InChI is InChI=1S/C24H28F3N3O/c1-30-11-9-16(10-12-30)15-28-22-14-21(22)17-5-7-20(8-6-17)29-23(31)18-3-2-4-19(13-18)24(25,26)27/h2-8,13,16,21-22,28H,9-12,14-15H2,1H3,(H,29,31)/t21-,22+/m0/s1. The number of alkyl halides is 3. The Bertz CT molecular complexity index is 905. The van der Waals surface area contributed by atoms with Crippen molar-refractivity contribution in [2.45, 2.75) is 37.4 Å². The lowest BCUT2D eigenvalue weighted by Crippen LogP contribution is -2.35. The van der Waals surface area contributed by atoms with Gasteiger partial charge in [0, 0.05) is 23.2 Å². The van der Waals surface area contributed by atoms with Crippen LogP contribution in [0.5, 0.6) is 0 Å². The van der Waals surface area contributed by atoms with Crippen molar-refractivity contribution < 1.29 is 18.0 Å². The third kappa shape index (κ3) is 5.66. The van der Waals surface area contributed by atoms with Crippen molar-refractivity contribution in [2.24, 2.45) is 5.92 Å². The molecule has 0 spiro atoms. The van der Waals surface area contributed by atoms with E-state index in [1.165, 1.54) is 43.6 Å². The molecule has 31 heavy (non-hydrogen) atoms. The molecule has 1 saturated heterocycles. The summed E-state index contributed by atoms with van der Waals surface area (Å²) in [5.41, 5.74) is 0.947. The van der Waals surface area contributed by atoms with Gasteiger partial charge in [0.1, 0.15) is 0 Å². The fraction of sp³-hybridized carbons (Fsp3) is 0.458. The molecule has 0 aromatic heterocycles. The molecule has 1 saturated carbocycles. The topological polar surface area (TPSA) is 44.4 Å². The quantitative estimate of drug-likeness (QED) is 0.694. The fourth-order valence-corrected chi connectivity index (χ4v) is 4.23. The summed E-state index contributed by atoms with van der Waals surface area (Å²) in [6.45, 7) is 3.42. The highest BCUT2D eigenvalue weighted by Gasteiger charge is 2.38. The van der Waals surface area contributed by atoms with E-state index < -0.39 is 17.6 Å². The van der Waals surface area contributed by atoms with Gasteiger partial charge >= 0.3 is 6.18 Å². The van der Waals surface area contributed by atoms with Crippen molar-refractivity contribution >= 4 is 11.6 Å². The van der Waals surface area contributed by atoms with Crippen LogP contribution in [-0.4, -0.2) is 43.5 Å². The molecule has 0 bridgehead atoms. The van der Waals surface area contributed by atoms with Gasteiger partial charge in [-0.3, -0.25) is 4.79 Å². The Morgan fingerprint density at radius 3 is 2.48 bits per heavy atom. The maximum atomic E-state index is 12.9. The summed E-state index contributed by atoms with van der Waals surface area (Å²) in [6, 6.07) is 12.6. The zero-order valence-corrected chi connectivity index (χ0v) is 17.6. The Kier molecular flexibility index (Phi) is 6.34. The van der Waals surface area contributed by atoms with E-state index in [4.69, 9.17) is 0 Å². The highest BCUT2D eigenvalue weighted by atomic mass is 19.4. The zero-order valence-electron chi connectivity index (χ0n) is 17.6. The molecule has 0 unspecified atom stereocenters. The van der Waals surface area contributed by atoms with Crippen LogP contribution in [0.1, 0.15) is 46.7 Å². The first-order valence-electron chi connectivity index (χ1n) is 10.8. The minimum Gasteiger partial charge on any atom is -0.322 e. The van der Waals surface area contributed by atoms with Crippen LogP contribution < -0.4 is 10.6 Å². The third-order valence-electron chi connectivity index (χ3n) is 6.35. The van der Waals surface area contributed by atoms with E-state index in [1.54, 1.807) is 0 Å². The van der Waals surface area contributed by atoms with Gasteiger partial charge in [-0.05, 0) is 87.8 Å². The smallest absolute Gasteiger partial charge is 0.322 e. The molecule has 1 heterocycles. The van der Waals surface area contributed by atoms with Gasteiger partial charge in [0.15, 0.2) is 0 Å². The molecule has 2 aromatic carbocycles. The lowest BCUT2D eigenvalue weighted by Gasteiger charge is -2.29. The molecule has 166 valence electrons. The van der Waals surface area contributed by atoms with Gasteiger partial charge < -0.3 is 15.5 Å². The molecular weight excluding hydrogens is 403 g/mol. The average molecular weight is 432 g/mol. The summed E-state index contributed by atoms with van der Waals surface area (Å²) >= 11 is 0. The van der Waals surface area contributed by atoms with Gasteiger partial charge in [-0.2, -0.15) is 13.2 Å². The molecule has 2 aromatic rings. The minimum atomic E-state index is -4.47. The SMILES string of the molecule is CN1CCC(CN[C@@H]2C[C@H]2c2ccc(NC(=O)c3cccc(C(F)(F)F)c3)cc2)CC1. The number of hydrogen-bond acceptors (Lipinski definition) is 3. The van der Waals surface area contributed by atoms with E-state index in [9.17, 15) is 18.0 Å². The number of anilines is 1. The van der Waals surface area contributed by atoms with Crippen LogP contribution in [0.3, 0.4) is 0 Å². The molecule has 1 aliphatic carbocycles. The second kappa shape index (κ2) is 9.01. The van der Waals surface area contributed by atoms with Crippen molar-refractivity contribution in [2.75, 3.05) is 32.0 Å². The normalized spacial score (nSPS) is 22.3. The number of piperidine rings is 1. The number of likely N-dealkylation sites (tertiary alicyclic amines) is 1. The second-order valence-electron chi connectivity index (χ2n) is 8.76. The van der Waals surface area contributed by atoms with Gasteiger partial charge in [-0.1, -0.05) is 18.2 Å². The number of nitrogens with zero attached hydrogens (tertiary/aromatic N) is 1. The van der Waals surface area contributed by atoms with Gasteiger partial charge in [-0.25, -0.2) is 0 Å². The maximum absolute atomic E-state index is 12.9. The van der Waals surface area contributed by atoms with Crippen LogP contribution >= 0.6 is 0 Å². The Morgan fingerprint density at radius 1 is 1.10 bits per heavy atom. The summed E-state index contributed by atoms with van der Waals surface area (Å²) < 4.78 is 38.6. The Balaban J connectivity index is 1.28. The number of hydrogen-bond donors (Lipinski definition) is 2. The van der Waals surface area contributed by atoms with E-state index in [0.717, 1.165) is 31.0 Å². The van der Waals surface area contributed by atoms with Crippen LogP contribution in [0.4, 0.5) is 18.9 Å². The Morgan fingerprint density at radius 2 is 1.81 bits per heavy atom. The zero-order chi connectivity index (χ0) is 22.0. The van der Waals surface area contributed by atoms with Crippen LogP contribution in [0.15, 0.2) is 48.5 Å². The Labute approximate surface area is 180 Å². The third-order valence-corrected chi connectivity index (χ3v) is 6.35. The van der Waals surface area contributed by atoms with Gasteiger partial charge in [-0.15, -0.1) is 0 Å². The number of amides is 1. The van der Waals surface area contributed by atoms with E-state index in [0.29, 0.717) is 17.6 Å². The number of carbonyl (C=O) groups is 1. The van der Waals surface area contributed by atoms with E-state index >= 15 is 0 Å². The highest BCUT2D eigenvalue weighted by Crippen LogP contribution is 2.41. The summed E-state index contributed by atoms with van der Waals surface area (Å²) in [4.78, 5) is 14.7. The first kappa shape index (κ1) is 21.8. The summed E-state index contributed by atoms with van der Waals surface area (Å²) in [7, 11) is 2.17. The first-order chi connectivity index (χ1) is 14.8. The van der Waals surface area contributed by atoms with Crippen molar-refractivity contribution in [3.8, 4) is 0 Å². The number of benzene rings is 2. The van der Waals surface area contributed by atoms with Crippen molar-refractivity contribution in [1.82, 2.24) is 10.2 Å². The predicted molar refractivity (Wildman–Crippen MR) is 115 cm³/mol. The molecule has 1 aliphatic heterocycles. The maximum Gasteiger partial charge on any atom is 0.416 e. The molecular formula is C24H28F3N3O. The molecule has 1 amide bonds. The van der Waals surface area contributed by atoms with E-state index in [-0.39, 0.29) is 5.56 Å². The molecule has 4 nitrogen and oxygen atoms in total.